The van der Waals surface area contributed by atoms with Crippen molar-refractivity contribution in [2.75, 3.05) is 23.4 Å². The average molecular weight is 322 g/mol. The molecule has 1 aliphatic heterocycles. The molecule has 1 aliphatic rings. The van der Waals surface area contributed by atoms with Crippen molar-refractivity contribution < 1.29 is 8.42 Å². The number of nitrogens with zero attached hydrogens (tertiary/aromatic N) is 1. The molecule has 4 nitrogen and oxygen atoms in total. The zero-order valence-electron chi connectivity index (χ0n) is 11.7. The highest BCUT2D eigenvalue weighted by Gasteiger charge is 2.24. The summed E-state index contributed by atoms with van der Waals surface area (Å²) in [6.07, 6.45) is 3.57. The summed E-state index contributed by atoms with van der Waals surface area (Å²) in [7, 11) is -2.83. The number of aromatic nitrogens is 1. The Kier molecular flexibility index (Phi) is 4.26. The Morgan fingerprint density at radius 2 is 2.29 bits per heavy atom. The molecule has 112 valence electrons. The largest absolute Gasteiger partial charge is 0.385 e. The topological polar surface area (TPSA) is 59.1 Å². The Hall–Kier alpha value is -1.40. The van der Waals surface area contributed by atoms with E-state index in [9.17, 15) is 8.42 Å². The van der Waals surface area contributed by atoms with E-state index in [1.807, 2.05) is 23.6 Å². The van der Waals surface area contributed by atoms with E-state index in [-0.39, 0.29) is 5.92 Å². The third-order valence-corrected chi connectivity index (χ3v) is 6.41. The summed E-state index contributed by atoms with van der Waals surface area (Å²) in [5, 5.41) is 6.33. The van der Waals surface area contributed by atoms with E-state index in [4.69, 9.17) is 0 Å². The third kappa shape index (κ3) is 3.83. The Balaban J connectivity index is 1.64. The quantitative estimate of drug-likeness (QED) is 0.940. The lowest BCUT2D eigenvalue weighted by Crippen LogP contribution is -2.29. The van der Waals surface area contributed by atoms with Crippen LogP contribution in [0.4, 0.5) is 5.69 Å². The van der Waals surface area contributed by atoms with Crippen molar-refractivity contribution in [2.24, 2.45) is 5.92 Å². The van der Waals surface area contributed by atoms with Gasteiger partial charge in [-0.25, -0.2) is 13.4 Å². The molecule has 21 heavy (non-hydrogen) atoms. The Labute approximate surface area is 129 Å². The fourth-order valence-electron chi connectivity index (χ4n) is 2.67. The SMILES string of the molecule is O=S1(=O)CCCC(CNc2cccc(-c3nccs3)c2)C1. The molecule has 0 radical (unpaired) electrons. The predicted octanol–water partition coefficient (Wildman–Crippen LogP) is 3.05. The van der Waals surface area contributed by atoms with Crippen molar-refractivity contribution in [3.63, 3.8) is 0 Å². The van der Waals surface area contributed by atoms with Crippen LogP contribution in [-0.2, 0) is 9.84 Å². The maximum atomic E-state index is 11.6. The van der Waals surface area contributed by atoms with E-state index in [1.165, 1.54) is 0 Å². The van der Waals surface area contributed by atoms with Crippen molar-refractivity contribution in [3.8, 4) is 10.6 Å². The van der Waals surface area contributed by atoms with Crippen molar-refractivity contribution >= 4 is 26.9 Å². The summed E-state index contributed by atoms with van der Waals surface area (Å²) < 4.78 is 23.3. The lowest BCUT2D eigenvalue weighted by atomic mass is 10.1. The summed E-state index contributed by atoms with van der Waals surface area (Å²) in [5.74, 6) is 0.877. The first-order valence-electron chi connectivity index (χ1n) is 7.07. The predicted molar refractivity (Wildman–Crippen MR) is 87.4 cm³/mol. The van der Waals surface area contributed by atoms with Gasteiger partial charge in [0.25, 0.3) is 0 Å². The average Bonchev–Trinajstić information content (AvgIpc) is 2.99. The standard InChI is InChI=1S/C15H18N2O2S2/c18-21(19)8-2-3-12(11-21)10-17-14-5-1-4-13(9-14)15-16-6-7-20-15/h1,4-7,9,12,17H,2-3,8,10-11H2. The van der Waals surface area contributed by atoms with Gasteiger partial charge in [0.05, 0.1) is 11.5 Å². The fourth-order valence-corrected chi connectivity index (χ4v) is 5.08. The van der Waals surface area contributed by atoms with Gasteiger partial charge in [-0.3, -0.25) is 0 Å². The Morgan fingerprint density at radius 1 is 1.38 bits per heavy atom. The summed E-state index contributed by atoms with van der Waals surface area (Å²) >= 11 is 1.61. The third-order valence-electron chi connectivity index (χ3n) is 3.69. The molecule has 1 aromatic carbocycles. The summed E-state index contributed by atoms with van der Waals surface area (Å²) in [4.78, 5) is 4.31. The maximum absolute atomic E-state index is 11.6. The highest BCUT2D eigenvalue weighted by molar-refractivity contribution is 7.91. The van der Waals surface area contributed by atoms with Gasteiger partial charge in [0.15, 0.2) is 9.84 Å². The molecule has 0 amide bonds. The van der Waals surface area contributed by atoms with Gasteiger partial charge in [-0.2, -0.15) is 0 Å². The highest BCUT2D eigenvalue weighted by Crippen LogP contribution is 2.25. The first-order chi connectivity index (χ1) is 10.1. The van der Waals surface area contributed by atoms with Crippen LogP contribution in [0, 0.1) is 5.92 Å². The molecular formula is C15H18N2O2S2. The second-order valence-electron chi connectivity index (χ2n) is 5.42. The van der Waals surface area contributed by atoms with Crippen LogP contribution in [-0.4, -0.2) is 31.5 Å². The molecule has 1 fully saturated rings. The van der Waals surface area contributed by atoms with Gasteiger partial charge in [-0.1, -0.05) is 12.1 Å². The number of benzene rings is 1. The van der Waals surface area contributed by atoms with Gasteiger partial charge < -0.3 is 5.32 Å². The van der Waals surface area contributed by atoms with Crippen LogP contribution in [0.5, 0.6) is 0 Å². The lowest BCUT2D eigenvalue weighted by Gasteiger charge is -2.22. The molecule has 0 spiro atoms. The van der Waals surface area contributed by atoms with Crippen LogP contribution < -0.4 is 5.32 Å². The normalized spacial score (nSPS) is 21.0. The molecule has 1 unspecified atom stereocenters. The van der Waals surface area contributed by atoms with Crippen molar-refractivity contribution in [2.45, 2.75) is 12.8 Å². The van der Waals surface area contributed by atoms with Gasteiger partial charge >= 0.3 is 0 Å². The van der Waals surface area contributed by atoms with E-state index in [0.717, 1.165) is 29.1 Å². The van der Waals surface area contributed by atoms with Crippen LogP contribution in [0.3, 0.4) is 0 Å². The van der Waals surface area contributed by atoms with E-state index in [1.54, 1.807) is 17.5 Å². The molecule has 1 N–H and O–H groups in total. The molecule has 6 heteroatoms. The lowest BCUT2D eigenvalue weighted by molar-refractivity contribution is 0.502. The van der Waals surface area contributed by atoms with Crippen LogP contribution in [0.15, 0.2) is 35.8 Å². The summed E-state index contributed by atoms with van der Waals surface area (Å²) in [6.45, 7) is 0.709. The van der Waals surface area contributed by atoms with Gasteiger partial charge in [0.1, 0.15) is 5.01 Å². The summed E-state index contributed by atoms with van der Waals surface area (Å²) in [5.41, 5.74) is 2.11. The van der Waals surface area contributed by atoms with Gasteiger partial charge in [-0.15, -0.1) is 11.3 Å². The monoisotopic (exact) mass is 322 g/mol. The minimum Gasteiger partial charge on any atom is -0.385 e. The molecular weight excluding hydrogens is 304 g/mol. The number of rotatable bonds is 4. The van der Waals surface area contributed by atoms with Crippen molar-refractivity contribution in [1.82, 2.24) is 4.98 Å². The van der Waals surface area contributed by atoms with Crippen LogP contribution in [0.1, 0.15) is 12.8 Å². The molecule has 2 heterocycles. The minimum absolute atomic E-state index is 0.215. The molecule has 0 saturated carbocycles. The number of thiazole rings is 1. The molecule has 2 aromatic rings. The number of sulfone groups is 1. The highest BCUT2D eigenvalue weighted by atomic mass is 32.2. The Bertz CT molecular complexity index is 696. The van der Waals surface area contributed by atoms with Crippen LogP contribution in [0.2, 0.25) is 0 Å². The summed E-state index contributed by atoms with van der Waals surface area (Å²) in [6, 6.07) is 8.11. The van der Waals surface area contributed by atoms with Gasteiger partial charge in [0.2, 0.25) is 0 Å². The van der Waals surface area contributed by atoms with Gasteiger partial charge in [-0.05, 0) is 30.9 Å². The molecule has 0 bridgehead atoms. The second-order valence-corrected chi connectivity index (χ2v) is 8.54. The van der Waals surface area contributed by atoms with Crippen molar-refractivity contribution in [1.29, 1.82) is 0 Å². The zero-order valence-corrected chi connectivity index (χ0v) is 13.3. The molecule has 1 aromatic heterocycles. The van der Waals surface area contributed by atoms with E-state index in [2.05, 4.69) is 16.4 Å². The zero-order chi connectivity index (χ0) is 14.7. The first kappa shape index (κ1) is 14.5. The van der Waals surface area contributed by atoms with E-state index >= 15 is 0 Å². The fraction of sp³-hybridized carbons (Fsp3) is 0.400. The number of hydrogen-bond acceptors (Lipinski definition) is 5. The first-order valence-corrected chi connectivity index (χ1v) is 9.77. The Morgan fingerprint density at radius 3 is 3.05 bits per heavy atom. The maximum Gasteiger partial charge on any atom is 0.150 e. The van der Waals surface area contributed by atoms with Crippen molar-refractivity contribution in [3.05, 3.63) is 35.8 Å². The minimum atomic E-state index is -2.83. The van der Waals surface area contributed by atoms with Crippen LogP contribution in [0.25, 0.3) is 10.6 Å². The van der Waals surface area contributed by atoms with E-state index in [0.29, 0.717) is 18.1 Å². The van der Waals surface area contributed by atoms with E-state index < -0.39 is 9.84 Å². The number of hydrogen-bond donors (Lipinski definition) is 1. The molecule has 0 aliphatic carbocycles. The molecule has 1 atom stereocenters. The van der Waals surface area contributed by atoms with Gasteiger partial charge in [0, 0.05) is 29.4 Å². The second kappa shape index (κ2) is 6.15. The number of anilines is 1. The van der Waals surface area contributed by atoms with Crippen LogP contribution >= 0.6 is 11.3 Å². The molecule has 1 saturated heterocycles. The number of nitrogens with one attached hydrogen (secondary N) is 1. The smallest absolute Gasteiger partial charge is 0.150 e. The molecule has 3 rings (SSSR count).